The average Bonchev–Trinajstić information content (AvgIpc) is 3.16. The molecule has 4 rings (SSSR count). The van der Waals surface area contributed by atoms with Gasteiger partial charge >= 0.3 is 12.1 Å². The van der Waals surface area contributed by atoms with Crippen LogP contribution in [-0.4, -0.2) is 64.7 Å². The highest BCUT2D eigenvalue weighted by molar-refractivity contribution is 8.00. The van der Waals surface area contributed by atoms with Crippen molar-refractivity contribution in [1.82, 2.24) is 10.2 Å². The van der Waals surface area contributed by atoms with Gasteiger partial charge in [-0.15, -0.1) is 11.8 Å². The summed E-state index contributed by atoms with van der Waals surface area (Å²) in [5.41, 5.74) is 4.63. The Balaban J connectivity index is 1.35. The number of thioether (sulfide) groups is 1. The Morgan fingerprint density at radius 3 is 2.38 bits per heavy atom. The molecule has 1 saturated heterocycles. The largest absolute Gasteiger partial charge is 0.480 e. The SMILES string of the molecule is CCC[C@H](CC(=O)N1CCSC(C(=O)O)C1)NC(=O)OCC1c2ccccc2-c2ccccc21. The minimum atomic E-state index is -0.899. The summed E-state index contributed by atoms with van der Waals surface area (Å²) in [6.45, 7) is 2.94. The highest BCUT2D eigenvalue weighted by atomic mass is 32.2. The molecule has 34 heavy (non-hydrogen) atoms. The standard InChI is InChI=1S/C26H30N2O5S/c1-2-7-17(14-24(29)28-12-13-34-23(15-28)25(30)31)27-26(32)33-16-22-20-10-5-3-8-18(20)19-9-4-6-11-21(19)22/h3-6,8-11,17,22-23H,2,7,12-16H2,1H3,(H,27,32)(H,30,31)/t17-,23?/m1/s1. The molecular formula is C26H30N2O5S. The van der Waals surface area contributed by atoms with Crippen molar-refractivity contribution in [1.29, 1.82) is 0 Å². The second kappa shape index (κ2) is 11.0. The number of nitrogens with zero attached hydrogens (tertiary/aromatic N) is 1. The monoisotopic (exact) mass is 482 g/mol. The number of hydrogen-bond acceptors (Lipinski definition) is 5. The summed E-state index contributed by atoms with van der Waals surface area (Å²) in [7, 11) is 0. The normalized spacial score (nSPS) is 18.0. The van der Waals surface area contributed by atoms with Gasteiger partial charge in [-0.25, -0.2) is 4.79 Å². The minimum Gasteiger partial charge on any atom is -0.480 e. The molecule has 2 N–H and O–H groups in total. The van der Waals surface area contributed by atoms with Crippen molar-refractivity contribution in [3.63, 3.8) is 0 Å². The zero-order chi connectivity index (χ0) is 24.1. The summed E-state index contributed by atoms with van der Waals surface area (Å²) in [4.78, 5) is 38.4. The summed E-state index contributed by atoms with van der Waals surface area (Å²) in [5.74, 6) is -0.461. The quantitative estimate of drug-likeness (QED) is 0.588. The Morgan fingerprint density at radius 2 is 1.76 bits per heavy atom. The molecule has 7 nitrogen and oxygen atoms in total. The van der Waals surface area contributed by atoms with E-state index in [0.29, 0.717) is 18.7 Å². The number of carbonyl (C=O) groups excluding carboxylic acids is 2. The topological polar surface area (TPSA) is 95.9 Å². The molecule has 2 aliphatic rings. The molecule has 1 heterocycles. The summed E-state index contributed by atoms with van der Waals surface area (Å²) in [5, 5.41) is 11.5. The van der Waals surface area contributed by atoms with Crippen LogP contribution in [0.15, 0.2) is 48.5 Å². The molecule has 0 spiro atoms. The van der Waals surface area contributed by atoms with E-state index in [-0.39, 0.29) is 37.4 Å². The van der Waals surface area contributed by atoms with Crippen LogP contribution in [-0.2, 0) is 14.3 Å². The number of ether oxygens (including phenoxy) is 1. The maximum absolute atomic E-state index is 12.8. The Hall–Kier alpha value is -3.00. The first-order valence-electron chi connectivity index (χ1n) is 11.7. The lowest BCUT2D eigenvalue weighted by molar-refractivity contribution is -0.138. The van der Waals surface area contributed by atoms with E-state index >= 15 is 0 Å². The average molecular weight is 483 g/mol. The first-order chi connectivity index (χ1) is 16.5. The number of fused-ring (bicyclic) bond motifs is 3. The summed E-state index contributed by atoms with van der Waals surface area (Å²) in [6, 6.07) is 16.0. The predicted molar refractivity (Wildman–Crippen MR) is 132 cm³/mol. The van der Waals surface area contributed by atoms with E-state index in [4.69, 9.17) is 4.74 Å². The summed E-state index contributed by atoms with van der Waals surface area (Å²) in [6.07, 6.45) is 1.04. The van der Waals surface area contributed by atoms with E-state index in [2.05, 4.69) is 29.6 Å². The van der Waals surface area contributed by atoms with Crippen molar-refractivity contribution in [2.75, 3.05) is 25.4 Å². The van der Waals surface area contributed by atoms with Crippen molar-refractivity contribution >= 4 is 29.7 Å². The fourth-order valence-corrected chi connectivity index (χ4v) is 5.78. The van der Waals surface area contributed by atoms with Gasteiger partial charge in [0.25, 0.3) is 0 Å². The number of alkyl carbamates (subject to hydrolysis) is 1. The molecule has 0 bridgehead atoms. The van der Waals surface area contributed by atoms with Crippen LogP contribution in [0.5, 0.6) is 0 Å². The number of benzene rings is 2. The molecule has 2 aromatic carbocycles. The zero-order valence-corrected chi connectivity index (χ0v) is 20.1. The molecule has 1 aliphatic heterocycles. The number of carboxylic acids is 1. The van der Waals surface area contributed by atoms with E-state index in [1.807, 2.05) is 31.2 Å². The Bertz CT molecular complexity index is 1010. The van der Waals surface area contributed by atoms with E-state index in [0.717, 1.165) is 17.5 Å². The van der Waals surface area contributed by atoms with Crippen molar-refractivity contribution in [3.8, 4) is 11.1 Å². The number of rotatable bonds is 8. The van der Waals surface area contributed by atoms with Gasteiger partial charge < -0.3 is 20.1 Å². The molecule has 8 heteroatoms. The zero-order valence-electron chi connectivity index (χ0n) is 19.2. The van der Waals surface area contributed by atoms with Crippen molar-refractivity contribution in [3.05, 3.63) is 59.7 Å². The van der Waals surface area contributed by atoms with Crippen LogP contribution in [0.4, 0.5) is 4.79 Å². The van der Waals surface area contributed by atoms with Crippen LogP contribution in [0.1, 0.15) is 43.2 Å². The molecule has 0 aromatic heterocycles. The first-order valence-corrected chi connectivity index (χ1v) is 12.8. The maximum Gasteiger partial charge on any atom is 0.407 e. The smallest absolute Gasteiger partial charge is 0.407 e. The van der Waals surface area contributed by atoms with Crippen molar-refractivity contribution in [2.45, 2.75) is 43.4 Å². The third-order valence-electron chi connectivity index (χ3n) is 6.42. The van der Waals surface area contributed by atoms with Crippen molar-refractivity contribution < 1.29 is 24.2 Å². The lowest BCUT2D eigenvalue weighted by Crippen LogP contribution is -2.47. The number of amides is 2. The van der Waals surface area contributed by atoms with Crippen LogP contribution < -0.4 is 5.32 Å². The van der Waals surface area contributed by atoms with Gasteiger partial charge in [0.15, 0.2) is 0 Å². The molecule has 1 fully saturated rings. The Morgan fingerprint density at radius 1 is 1.12 bits per heavy atom. The van der Waals surface area contributed by atoms with Crippen LogP contribution in [0.25, 0.3) is 11.1 Å². The highest BCUT2D eigenvalue weighted by Crippen LogP contribution is 2.44. The molecule has 2 aromatic rings. The molecular weight excluding hydrogens is 452 g/mol. The van der Waals surface area contributed by atoms with Gasteiger partial charge in [0.1, 0.15) is 11.9 Å². The van der Waals surface area contributed by atoms with Gasteiger partial charge in [-0.2, -0.15) is 0 Å². The second-order valence-electron chi connectivity index (χ2n) is 8.70. The van der Waals surface area contributed by atoms with Gasteiger partial charge in [-0.1, -0.05) is 61.9 Å². The third kappa shape index (κ3) is 5.38. The number of carboxylic acid groups (broad SMARTS) is 1. The predicted octanol–water partition coefficient (Wildman–Crippen LogP) is 4.11. The number of aliphatic carboxylic acids is 1. The highest BCUT2D eigenvalue weighted by Gasteiger charge is 2.31. The van der Waals surface area contributed by atoms with Crippen molar-refractivity contribution in [2.24, 2.45) is 0 Å². The van der Waals surface area contributed by atoms with Gasteiger partial charge in [-0.3, -0.25) is 9.59 Å². The summed E-state index contributed by atoms with van der Waals surface area (Å²) < 4.78 is 5.64. The summed E-state index contributed by atoms with van der Waals surface area (Å²) >= 11 is 1.36. The Kier molecular flexibility index (Phi) is 7.77. The fourth-order valence-electron chi connectivity index (χ4n) is 4.75. The number of nitrogens with one attached hydrogen (secondary N) is 1. The van der Waals surface area contributed by atoms with Gasteiger partial charge in [0.2, 0.25) is 5.91 Å². The number of carbonyl (C=O) groups is 3. The minimum absolute atomic E-state index is 0.0248. The molecule has 1 unspecified atom stereocenters. The van der Waals surface area contributed by atoms with Crippen LogP contribution in [0.2, 0.25) is 0 Å². The molecule has 0 saturated carbocycles. The van der Waals surface area contributed by atoms with E-state index in [9.17, 15) is 19.5 Å². The Labute approximate surface area is 203 Å². The van der Waals surface area contributed by atoms with E-state index in [1.165, 1.54) is 22.9 Å². The number of hydrogen-bond donors (Lipinski definition) is 2. The molecule has 1 aliphatic carbocycles. The van der Waals surface area contributed by atoms with E-state index < -0.39 is 17.3 Å². The van der Waals surface area contributed by atoms with Gasteiger partial charge in [0.05, 0.1) is 0 Å². The lowest BCUT2D eigenvalue weighted by atomic mass is 9.98. The first kappa shape index (κ1) is 24.1. The van der Waals surface area contributed by atoms with E-state index in [1.54, 1.807) is 4.90 Å². The van der Waals surface area contributed by atoms with Crippen LogP contribution in [0.3, 0.4) is 0 Å². The molecule has 2 amide bonds. The molecule has 180 valence electrons. The van der Waals surface area contributed by atoms with Gasteiger partial charge in [-0.05, 0) is 28.7 Å². The molecule has 0 radical (unpaired) electrons. The molecule has 2 atom stereocenters. The third-order valence-corrected chi connectivity index (χ3v) is 7.59. The van der Waals surface area contributed by atoms with Crippen LogP contribution >= 0.6 is 11.8 Å². The van der Waals surface area contributed by atoms with Gasteiger partial charge in [0, 0.05) is 37.2 Å². The van der Waals surface area contributed by atoms with Crippen LogP contribution in [0, 0.1) is 0 Å². The maximum atomic E-state index is 12.8. The second-order valence-corrected chi connectivity index (χ2v) is 10.0. The lowest BCUT2D eigenvalue weighted by Gasteiger charge is -2.31. The fraction of sp³-hybridized carbons (Fsp3) is 0.423.